The third kappa shape index (κ3) is 56.5. The fraction of sp³-hybridized carbons (Fsp3) is 0.222. The van der Waals surface area contributed by atoms with Crippen LogP contribution in [0.15, 0.2) is 50.6 Å². The van der Waals surface area contributed by atoms with Crippen molar-refractivity contribution in [2.45, 2.75) is 19.8 Å². The maximum Gasteiger partial charge on any atom is 0.327 e. The van der Waals surface area contributed by atoms with Gasteiger partial charge in [0.15, 0.2) is 5.92 Å². The molecule has 0 amide bonds. The summed E-state index contributed by atoms with van der Waals surface area (Å²) in [6.45, 7) is 13.6. The van der Waals surface area contributed by atoms with E-state index < -0.39 is 41.7 Å². The van der Waals surface area contributed by atoms with Crippen molar-refractivity contribution in [3.8, 4) is 0 Å². The second-order valence-corrected chi connectivity index (χ2v) is 4.19. The first-order valence-electron chi connectivity index (χ1n) is 7.55. The van der Waals surface area contributed by atoms with E-state index in [0.29, 0.717) is 6.42 Å². The first-order valence-corrected chi connectivity index (χ1v) is 7.55. The maximum absolute atomic E-state index is 10.2. The van der Waals surface area contributed by atoms with Crippen LogP contribution in [0.4, 0.5) is 0 Å². The standard InChI is InChI=1S/C6H10O4.4C3H4O2/c1-2-3-4(5(7)8)6(9)10;4*1-2-3(4)5/h4H,2-3H2,1H3,(H,7,8)(H,9,10);4*2H,1H2,(H,4,5). The van der Waals surface area contributed by atoms with Gasteiger partial charge in [-0.05, 0) is 6.42 Å². The van der Waals surface area contributed by atoms with Gasteiger partial charge in [0.2, 0.25) is 0 Å². The SMILES string of the molecule is C=CC(=O)O.C=CC(=O)O.C=CC(=O)O.C=CC(=O)O.CCCC(C(=O)O)C(=O)O. The molecule has 0 aliphatic heterocycles. The number of hydrogen-bond donors (Lipinski definition) is 6. The molecule has 0 bridgehead atoms. The molecule has 0 spiro atoms. The molecule has 0 heterocycles. The Morgan fingerprint density at radius 1 is 0.600 bits per heavy atom. The second-order valence-electron chi connectivity index (χ2n) is 4.19. The maximum atomic E-state index is 10.2. The average molecular weight is 434 g/mol. The Morgan fingerprint density at radius 3 is 0.800 bits per heavy atom. The molecular weight excluding hydrogens is 408 g/mol. The van der Waals surface area contributed by atoms with Crippen LogP contribution in [0.1, 0.15) is 19.8 Å². The molecule has 0 aliphatic carbocycles. The number of hydrogen-bond acceptors (Lipinski definition) is 6. The molecule has 6 N–H and O–H groups in total. The quantitative estimate of drug-likeness (QED) is 0.236. The fourth-order valence-electron chi connectivity index (χ4n) is 0.641. The van der Waals surface area contributed by atoms with Crippen molar-refractivity contribution in [1.29, 1.82) is 0 Å². The van der Waals surface area contributed by atoms with Gasteiger partial charge in [-0.25, -0.2) is 19.2 Å². The minimum Gasteiger partial charge on any atom is -0.481 e. The third-order valence-electron chi connectivity index (χ3n) is 1.87. The molecule has 0 rings (SSSR count). The van der Waals surface area contributed by atoms with E-state index in [1.165, 1.54) is 0 Å². The Kier molecular flexibility index (Phi) is 33.0. The molecule has 0 atom stereocenters. The first-order chi connectivity index (χ1) is 13.7. The number of carboxylic acids is 6. The zero-order valence-corrected chi connectivity index (χ0v) is 16.3. The lowest BCUT2D eigenvalue weighted by Gasteiger charge is -2.02. The molecule has 0 aromatic carbocycles. The minimum absolute atomic E-state index is 0.199. The Hall–Kier alpha value is -4.22. The van der Waals surface area contributed by atoms with Gasteiger partial charge in [0, 0.05) is 24.3 Å². The normalized spacial score (nSPS) is 7.53. The summed E-state index contributed by atoms with van der Waals surface area (Å²) in [7, 11) is 0. The summed E-state index contributed by atoms with van der Waals surface area (Å²) in [5, 5.41) is 47.0. The van der Waals surface area contributed by atoms with E-state index in [0.717, 1.165) is 24.3 Å². The lowest BCUT2D eigenvalue weighted by molar-refractivity contribution is -0.155. The molecule has 12 nitrogen and oxygen atoms in total. The highest BCUT2D eigenvalue weighted by molar-refractivity contribution is 5.92. The molecular formula is C18H26O12. The van der Waals surface area contributed by atoms with E-state index >= 15 is 0 Å². The Morgan fingerprint density at radius 2 is 0.767 bits per heavy atom. The smallest absolute Gasteiger partial charge is 0.327 e. The van der Waals surface area contributed by atoms with Crippen LogP contribution in [0.2, 0.25) is 0 Å². The summed E-state index contributed by atoms with van der Waals surface area (Å²) in [6.07, 6.45) is 4.11. The van der Waals surface area contributed by atoms with E-state index in [4.69, 9.17) is 30.6 Å². The summed E-state index contributed by atoms with van der Waals surface area (Å²) in [5.41, 5.74) is 0. The number of aliphatic carboxylic acids is 6. The van der Waals surface area contributed by atoms with Crippen molar-refractivity contribution >= 4 is 35.8 Å². The van der Waals surface area contributed by atoms with E-state index in [2.05, 4.69) is 26.3 Å². The number of carboxylic acid groups (broad SMARTS) is 6. The highest BCUT2D eigenvalue weighted by Gasteiger charge is 2.23. The highest BCUT2D eigenvalue weighted by atomic mass is 16.4. The lowest BCUT2D eigenvalue weighted by atomic mass is 10.1. The molecule has 0 aliphatic rings. The first kappa shape index (κ1) is 36.7. The summed E-state index contributed by atoms with van der Waals surface area (Å²) < 4.78 is 0. The Bertz CT molecular complexity index is 518. The van der Waals surface area contributed by atoms with Crippen LogP contribution < -0.4 is 0 Å². The molecule has 0 saturated heterocycles. The van der Waals surface area contributed by atoms with E-state index in [9.17, 15) is 28.8 Å². The molecule has 0 saturated carbocycles. The Balaban J connectivity index is -0.0000000908. The van der Waals surface area contributed by atoms with Crippen LogP contribution in [-0.2, 0) is 28.8 Å². The largest absolute Gasteiger partial charge is 0.481 e. The van der Waals surface area contributed by atoms with Gasteiger partial charge < -0.3 is 30.6 Å². The molecule has 0 aromatic rings. The molecule has 170 valence electrons. The molecule has 0 fully saturated rings. The van der Waals surface area contributed by atoms with Gasteiger partial charge in [0.05, 0.1) is 0 Å². The predicted octanol–water partition coefficient (Wildman–Crippen LogP) is 1.60. The van der Waals surface area contributed by atoms with Gasteiger partial charge in [0.1, 0.15) is 0 Å². The van der Waals surface area contributed by atoms with Crippen LogP contribution in [0.5, 0.6) is 0 Å². The van der Waals surface area contributed by atoms with Crippen LogP contribution in [0.3, 0.4) is 0 Å². The average Bonchev–Trinajstić information content (AvgIpc) is 2.67. The van der Waals surface area contributed by atoms with Crippen molar-refractivity contribution in [1.82, 2.24) is 0 Å². The summed E-state index contributed by atoms with van der Waals surface area (Å²) >= 11 is 0. The summed E-state index contributed by atoms with van der Waals surface area (Å²) in [6, 6.07) is 0. The number of carbonyl (C=O) groups is 6. The van der Waals surface area contributed by atoms with E-state index in [-0.39, 0.29) is 6.42 Å². The van der Waals surface area contributed by atoms with Gasteiger partial charge in [-0.1, -0.05) is 39.7 Å². The Labute approximate surface area is 172 Å². The van der Waals surface area contributed by atoms with E-state index in [1.807, 2.05) is 0 Å². The van der Waals surface area contributed by atoms with Crippen molar-refractivity contribution in [2.24, 2.45) is 5.92 Å². The van der Waals surface area contributed by atoms with E-state index in [1.54, 1.807) is 6.92 Å². The van der Waals surface area contributed by atoms with Gasteiger partial charge >= 0.3 is 35.8 Å². The topological polar surface area (TPSA) is 224 Å². The van der Waals surface area contributed by atoms with Crippen molar-refractivity contribution in [2.75, 3.05) is 0 Å². The molecule has 0 radical (unpaired) electrons. The minimum atomic E-state index is -1.26. The fourth-order valence-corrected chi connectivity index (χ4v) is 0.641. The summed E-state index contributed by atoms with van der Waals surface area (Å²) in [4.78, 5) is 57.3. The number of rotatable bonds is 8. The van der Waals surface area contributed by atoms with Crippen molar-refractivity contribution < 1.29 is 59.4 Å². The van der Waals surface area contributed by atoms with Crippen LogP contribution in [-0.4, -0.2) is 66.5 Å². The third-order valence-corrected chi connectivity index (χ3v) is 1.87. The summed E-state index contributed by atoms with van der Waals surface area (Å²) in [5.74, 6) is -7.67. The second kappa shape index (κ2) is 27.0. The molecule has 30 heavy (non-hydrogen) atoms. The van der Waals surface area contributed by atoms with Gasteiger partial charge in [0.25, 0.3) is 0 Å². The molecule has 0 aromatic heterocycles. The highest BCUT2D eigenvalue weighted by Crippen LogP contribution is 2.05. The lowest BCUT2D eigenvalue weighted by Crippen LogP contribution is -2.22. The monoisotopic (exact) mass is 434 g/mol. The molecule has 0 unspecified atom stereocenters. The van der Waals surface area contributed by atoms with Gasteiger partial charge in [-0.15, -0.1) is 0 Å². The van der Waals surface area contributed by atoms with Gasteiger partial charge in [-0.3, -0.25) is 9.59 Å². The molecule has 12 heteroatoms. The van der Waals surface area contributed by atoms with Gasteiger partial charge in [-0.2, -0.15) is 0 Å². The van der Waals surface area contributed by atoms with Crippen molar-refractivity contribution in [3.63, 3.8) is 0 Å². The van der Waals surface area contributed by atoms with Crippen molar-refractivity contribution in [3.05, 3.63) is 50.6 Å². The van der Waals surface area contributed by atoms with Crippen LogP contribution in [0.25, 0.3) is 0 Å². The van der Waals surface area contributed by atoms with Crippen LogP contribution in [0, 0.1) is 5.92 Å². The zero-order valence-electron chi connectivity index (χ0n) is 16.3. The van der Waals surface area contributed by atoms with Crippen LogP contribution >= 0.6 is 0 Å². The zero-order chi connectivity index (χ0) is 25.3. The predicted molar refractivity (Wildman–Crippen MR) is 105 cm³/mol.